The van der Waals surface area contributed by atoms with Crippen LogP contribution in [-0.4, -0.2) is 26.4 Å². The maximum atomic E-state index is 13.6. The summed E-state index contributed by atoms with van der Waals surface area (Å²) in [6, 6.07) is 13.0. The number of anilines is 2. The van der Waals surface area contributed by atoms with Crippen molar-refractivity contribution in [2.24, 2.45) is 0 Å². The van der Waals surface area contributed by atoms with Gasteiger partial charge in [-0.25, -0.2) is 4.68 Å². The summed E-state index contributed by atoms with van der Waals surface area (Å²) < 4.78 is 1.80. The molecule has 1 aliphatic heterocycles. The average molecular weight is 482 g/mol. The fourth-order valence-electron chi connectivity index (χ4n) is 3.86. The fourth-order valence-corrected chi connectivity index (χ4v) is 4.97. The summed E-state index contributed by atoms with van der Waals surface area (Å²) in [5, 5.41) is 12.5. The van der Waals surface area contributed by atoms with Crippen LogP contribution in [-0.2, 0) is 4.79 Å². The molecule has 1 aromatic heterocycles. The third kappa shape index (κ3) is 4.94. The molecule has 2 aromatic carbocycles. The Labute approximate surface area is 203 Å². The van der Waals surface area contributed by atoms with Crippen molar-refractivity contribution < 1.29 is 4.79 Å². The molecule has 0 fully saturated rings. The van der Waals surface area contributed by atoms with Crippen LogP contribution >= 0.6 is 23.4 Å². The van der Waals surface area contributed by atoms with Crippen molar-refractivity contribution in [2.75, 3.05) is 16.4 Å². The van der Waals surface area contributed by atoms with Gasteiger partial charge in [0.25, 0.3) is 5.91 Å². The van der Waals surface area contributed by atoms with Gasteiger partial charge >= 0.3 is 0 Å². The molecule has 1 unspecified atom stereocenters. The highest BCUT2D eigenvalue weighted by Gasteiger charge is 2.34. The van der Waals surface area contributed by atoms with E-state index in [2.05, 4.69) is 22.5 Å². The number of aryl methyl sites for hydroxylation is 1. The summed E-state index contributed by atoms with van der Waals surface area (Å²) >= 11 is 7.96. The molecule has 2 heterocycles. The van der Waals surface area contributed by atoms with E-state index in [1.807, 2.05) is 63.2 Å². The molecule has 8 heteroatoms. The first-order valence-electron chi connectivity index (χ1n) is 11.1. The summed E-state index contributed by atoms with van der Waals surface area (Å²) in [5.74, 6) is 1.40. The first-order chi connectivity index (χ1) is 15.9. The van der Waals surface area contributed by atoms with E-state index in [4.69, 9.17) is 16.7 Å². The summed E-state index contributed by atoms with van der Waals surface area (Å²) in [6.45, 7) is 8.11. The van der Waals surface area contributed by atoms with Crippen molar-refractivity contribution in [3.05, 3.63) is 75.4 Å². The lowest BCUT2D eigenvalue weighted by atomic mass is 9.95. The van der Waals surface area contributed by atoms with E-state index in [1.165, 1.54) is 0 Å². The maximum Gasteiger partial charge on any atom is 0.255 e. The smallest absolute Gasteiger partial charge is 0.255 e. The van der Waals surface area contributed by atoms with Gasteiger partial charge in [0.1, 0.15) is 6.04 Å². The van der Waals surface area contributed by atoms with Crippen LogP contribution in [0.1, 0.15) is 49.4 Å². The summed E-state index contributed by atoms with van der Waals surface area (Å²) in [7, 11) is 0. The molecular formula is C25H28ClN5OS. The molecule has 0 bridgehead atoms. The highest BCUT2D eigenvalue weighted by Crippen LogP contribution is 2.37. The second kappa shape index (κ2) is 10.0. The Morgan fingerprint density at radius 2 is 2.00 bits per heavy atom. The summed E-state index contributed by atoms with van der Waals surface area (Å²) in [6.07, 6.45) is 2.22. The van der Waals surface area contributed by atoms with Gasteiger partial charge in [-0.05, 0) is 62.1 Å². The average Bonchev–Trinajstić information content (AvgIpc) is 3.18. The first kappa shape index (κ1) is 23.4. The Bertz CT molecular complexity index is 1220. The summed E-state index contributed by atoms with van der Waals surface area (Å²) in [5.41, 5.74) is 5.17. The lowest BCUT2D eigenvalue weighted by molar-refractivity contribution is -0.113. The number of aromatic nitrogens is 3. The Hall–Kier alpha value is -2.77. The van der Waals surface area contributed by atoms with Gasteiger partial charge in [-0.2, -0.15) is 4.98 Å². The zero-order chi connectivity index (χ0) is 23.5. The van der Waals surface area contributed by atoms with Crippen LogP contribution in [0.4, 0.5) is 11.6 Å². The number of nitrogens with zero attached hydrogens (tertiary/aromatic N) is 3. The van der Waals surface area contributed by atoms with E-state index < -0.39 is 6.04 Å². The minimum atomic E-state index is -0.446. The SMILES string of the molecule is CCCCSc1nc2n(n1)C(c1cccc(Cl)c1)C(C(=O)Nc1cccc(C)c1C)=C(C)N2. The molecule has 3 aromatic rings. The van der Waals surface area contributed by atoms with Gasteiger partial charge in [-0.1, -0.05) is 61.0 Å². The largest absolute Gasteiger partial charge is 0.328 e. The topological polar surface area (TPSA) is 71.8 Å². The maximum absolute atomic E-state index is 13.6. The number of amides is 1. The normalized spacial score (nSPS) is 15.2. The van der Waals surface area contributed by atoms with Crippen molar-refractivity contribution in [1.82, 2.24) is 14.8 Å². The predicted molar refractivity (Wildman–Crippen MR) is 136 cm³/mol. The van der Waals surface area contributed by atoms with Crippen LogP contribution in [0.15, 0.2) is 58.9 Å². The second-order valence-corrected chi connectivity index (χ2v) is 9.69. The van der Waals surface area contributed by atoms with Gasteiger partial charge < -0.3 is 10.6 Å². The number of carbonyl (C=O) groups is 1. The number of carbonyl (C=O) groups excluding carboxylic acids is 1. The van der Waals surface area contributed by atoms with E-state index in [9.17, 15) is 4.79 Å². The van der Waals surface area contributed by atoms with Crippen molar-refractivity contribution in [2.45, 2.75) is 51.7 Å². The quantitative estimate of drug-likeness (QED) is 0.303. The van der Waals surface area contributed by atoms with E-state index in [0.717, 1.165) is 46.7 Å². The van der Waals surface area contributed by atoms with Crippen molar-refractivity contribution in [3.8, 4) is 0 Å². The predicted octanol–water partition coefficient (Wildman–Crippen LogP) is 6.37. The molecule has 1 amide bonds. The molecule has 33 heavy (non-hydrogen) atoms. The molecular weight excluding hydrogens is 454 g/mol. The molecule has 0 spiro atoms. The molecule has 4 rings (SSSR count). The van der Waals surface area contributed by atoms with Crippen molar-refractivity contribution in [1.29, 1.82) is 0 Å². The van der Waals surface area contributed by atoms with Gasteiger partial charge in [0.15, 0.2) is 0 Å². The lowest BCUT2D eigenvalue weighted by Gasteiger charge is -2.29. The van der Waals surface area contributed by atoms with Crippen LogP contribution in [0.3, 0.4) is 0 Å². The third-order valence-electron chi connectivity index (χ3n) is 5.82. The molecule has 6 nitrogen and oxygen atoms in total. The van der Waals surface area contributed by atoms with E-state index in [0.29, 0.717) is 21.7 Å². The Kier molecular flexibility index (Phi) is 7.10. The lowest BCUT2D eigenvalue weighted by Crippen LogP contribution is -2.31. The van der Waals surface area contributed by atoms with Crippen LogP contribution in [0.5, 0.6) is 0 Å². The van der Waals surface area contributed by atoms with Crippen LogP contribution in [0, 0.1) is 13.8 Å². The van der Waals surface area contributed by atoms with E-state index in [1.54, 1.807) is 16.4 Å². The number of nitrogens with one attached hydrogen (secondary N) is 2. The molecule has 0 aliphatic carbocycles. The molecule has 1 aliphatic rings. The highest BCUT2D eigenvalue weighted by molar-refractivity contribution is 7.99. The molecule has 0 radical (unpaired) electrons. The van der Waals surface area contributed by atoms with E-state index in [-0.39, 0.29) is 5.91 Å². The van der Waals surface area contributed by atoms with Crippen LogP contribution in [0.2, 0.25) is 5.02 Å². The standard InChI is InChI=1S/C25H28ClN5OS/c1-5-6-13-33-25-29-24-27-17(4)21(23(32)28-20-12-7-9-15(2)16(20)3)22(31(24)30-25)18-10-8-11-19(26)14-18/h7-12,14,22H,5-6,13H2,1-4H3,(H,28,32)(H,27,29,30). The number of hydrogen-bond acceptors (Lipinski definition) is 5. The monoisotopic (exact) mass is 481 g/mol. The Morgan fingerprint density at radius 3 is 2.76 bits per heavy atom. The zero-order valence-corrected chi connectivity index (χ0v) is 20.8. The molecule has 0 saturated carbocycles. The van der Waals surface area contributed by atoms with Gasteiger partial charge in [0, 0.05) is 22.2 Å². The molecule has 0 saturated heterocycles. The molecule has 172 valence electrons. The summed E-state index contributed by atoms with van der Waals surface area (Å²) in [4.78, 5) is 18.3. The van der Waals surface area contributed by atoms with Gasteiger partial charge in [0.05, 0.1) is 5.57 Å². The van der Waals surface area contributed by atoms with Crippen LogP contribution in [0.25, 0.3) is 0 Å². The third-order valence-corrected chi connectivity index (χ3v) is 6.98. The number of allylic oxidation sites excluding steroid dienone is 1. The van der Waals surface area contributed by atoms with Crippen molar-refractivity contribution in [3.63, 3.8) is 0 Å². The fraction of sp³-hybridized carbons (Fsp3) is 0.320. The Balaban J connectivity index is 1.74. The van der Waals surface area contributed by atoms with Crippen LogP contribution < -0.4 is 10.6 Å². The first-order valence-corrected chi connectivity index (χ1v) is 12.5. The zero-order valence-electron chi connectivity index (χ0n) is 19.3. The number of thioether (sulfide) groups is 1. The number of rotatable bonds is 7. The van der Waals surface area contributed by atoms with Gasteiger partial charge in [-0.15, -0.1) is 5.10 Å². The highest BCUT2D eigenvalue weighted by atomic mass is 35.5. The van der Waals surface area contributed by atoms with E-state index >= 15 is 0 Å². The number of unbranched alkanes of at least 4 members (excludes halogenated alkanes) is 1. The number of halogens is 1. The second-order valence-electron chi connectivity index (χ2n) is 8.19. The minimum absolute atomic E-state index is 0.181. The van der Waals surface area contributed by atoms with Gasteiger partial charge in [0.2, 0.25) is 11.1 Å². The number of hydrogen-bond donors (Lipinski definition) is 2. The molecule has 2 N–H and O–H groups in total. The minimum Gasteiger partial charge on any atom is -0.328 e. The van der Waals surface area contributed by atoms with Crippen molar-refractivity contribution >= 4 is 40.9 Å². The number of benzene rings is 2. The number of fused-ring (bicyclic) bond motifs is 1. The molecule has 1 atom stereocenters. The van der Waals surface area contributed by atoms with Gasteiger partial charge in [-0.3, -0.25) is 4.79 Å². The Morgan fingerprint density at radius 1 is 1.21 bits per heavy atom.